The molecule has 0 amide bonds. The van der Waals surface area contributed by atoms with Gasteiger partial charge in [-0.15, -0.1) is 11.3 Å². The van der Waals surface area contributed by atoms with Crippen LogP contribution < -0.4 is 10.6 Å². The van der Waals surface area contributed by atoms with Crippen LogP contribution in [0.25, 0.3) is 11.1 Å². The van der Waals surface area contributed by atoms with Crippen molar-refractivity contribution in [3.63, 3.8) is 0 Å². The van der Waals surface area contributed by atoms with Crippen molar-refractivity contribution in [3.8, 4) is 0 Å². The number of ketones is 1. The fourth-order valence-corrected chi connectivity index (χ4v) is 4.71. The maximum Gasteiger partial charge on any atom is 0.302 e. The van der Waals surface area contributed by atoms with Gasteiger partial charge in [-0.25, -0.2) is 4.99 Å². The van der Waals surface area contributed by atoms with Crippen LogP contribution in [0.15, 0.2) is 63.0 Å². The molecule has 0 saturated carbocycles. The number of guanidine groups is 1. The first kappa shape index (κ1) is 17.2. The number of oxazole rings is 1. The van der Waals surface area contributed by atoms with E-state index >= 15 is 0 Å². The Balaban J connectivity index is 1.54. The molecule has 7 heteroatoms. The summed E-state index contributed by atoms with van der Waals surface area (Å²) in [5, 5.41) is 8.48. The molecule has 0 saturated heterocycles. The maximum absolute atomic E-state index is 12.9. The Hall–Kier alpha value is -2.93. The van der Waals surface area contributed by atoms with E-state index in [9.17, 15) is 4.79 Å². The van der Waals surface area contributed by atoms with Crippen molar-refractivity contribution in [2.75, 3.05) is 5.32 Å². The number of anilines is 1. The van der Waals surface area contributed by atoms with E-state index in [4.69, 9.17) is 9.41 Å². The summed E-state index contributed by atoms with van der Waals surface area (Å²) >= 11 is 1.62. The molecule has 0 unspecified atom stereocenters. The standard InChI is InChI=1S/C21H20N4O2S/c1-21(2)10-13-17(14(26)11-21)18(16-8-5-9-28-16)24-19(22-13)25-20-23-12-6-3-4-7-15(12)27-20/h3-10,17-18H,11H2,1-2H3,(H2,22,23,24,25)/t17-,18-/m0/s1. The summed E-state index contributed by atoms with van der Waals surface area (Å²) in [6.07, 6.45) is 2.68. The lowest BCUT2D eigenvalue weighted by Crippen LogP contribution is -2.45. The SMILES string of the molecule is CC1(C)C=C2NC(Nc3nc4ccccc4o3)=N[C@@H](c3cccs3)[C@@H]2C(=O)C1. The lowest BCUT2D eigenvalue weighted by atomic mass is 9.73. The quantitative estimate of drug-likeness (QED) is 0.671. The van der Waals surface area contributed by atoms with Gasteiger partial charge >= 0.3 is 6.01 Å². The van der Waals surface area contributed by atoms with Gasteiger partial charge in [0.05, 0.1) is 5.92 Å². The Morgan fingerprint density at radius 1 is 1.25 bits per heavy atom. The zero-order valence-corrected chi connectivity index (χ0v) is 16.4. The van der Waals surface area contributed by atoms with Gasteiger partial charge in [0.1, 0.15) is 17.3 Å². The number of para-hydroxylation sites is 2. The molecule has 1 aliphatic heterocycles. The maximum atomic E-state index is 12.9. The average molecular weight is 392 g/mol. The van der Waals surface area contributed by atoms with Crippen LogP contribution in [0.2, 0.25) is 0 Å². The Labute approximate surface area is 166 Å². The van der Waals surface area contributed by atoms with Gasteiger partial charge in [0.2, 0.25) is 5.96 Å². The number of nitrogens with one attached hydrogen (secondary N) is 2. The number of benzene rings is 1. The normalized spacial score (nSPS) is 23.6. The number of aliphatic imine (C=N–C) groups is 1. The van der Waals surface area contributed by atoms with Crippen LogP contribution >= 0.6 is 11.3 Å². The largest absolute Gasteiger partial charge is 0.423 e. The van der Waals surface area contributed by atoms with Gasteiger partial charge in [0.25, 0.3) is 0 Å². The third-order valence-electron chi connectivity index (χ3n) is 5.06. The van der Waals surface area contributed by atoms with Crippen molar-refractivity contribution in [1.29, 1.82) is 0 Å². The van der Waals surface area contributed by atoms with Crippen molar-refractivity contribution in [2.24, 2.45) is 16.3 Å². The highest BCUT2D eigenvalue weighted by Gasteiger charge is 2.42. The third kappa shape index (κ3) is 3.01. The van der Waals surface area contributed by atoms with E-state index in [1.54, 1.807) is 11.3 Å². The second-order valence-electron chi connectivity index (χ2n) is 7.88. The van der Waals surface area contributed by atoms with Gasteiger partial charge < -0.3 is 9.73 Å². The number of hydrogen-bond donors (Lipinski definition) is 2. The number of hydrogen-bond acceptors (Lipinski definition) is 7. The third-order valence-corrected chi connectivity index (χ3v) is 6.00. The van der Waals surface area contributed by atoms with Crippen molar-refractivity contribution in [2.45, 2.75) is 26.3 Å². The Morgan fingerprint density at radius 2 is 2.11 bits per heavy atom. The summed E-state index contributed by atoms with van der Waals surface area (Å²) in [5.41, 5.74) is 2.20. The Bertz CT molecular complexity index is 1080. The van der Waals surface area contributed by atoms with Crippen molar-refractivity contribution >= 4 is 40.2 Å². The molecular formula is C21H20N4O2S. The van der Waals surface area contributed by atoms with Crippen LogP contribution in [0.3, 0.4) is 0 Å². The average Bonchev–Trinajstić information content (AvgIpc) is 3.29. The number of carbonyl (C=O) groups is 1. The van der Waals surface area contributed by atoms with Gasteiger partial charge in [-0.2, -0.15) is 4.98 Å². The highest BCUT2D eigenvalue weighted by molar-refractivity contribution is 7.10. The molecule has 2 atom stereocenters. The van der Waals surface area contributed by atoms with E-state index in [2.05, 4.69) is 35.5 Å². The zero-order chi connectivity index (χ0) is 19.3. The van der Waals surface area contributed by atoms with Gasteiger partial charge in [0, 0.05) is 17.0 Å². The van der Waals surface area contributed by atoms with Gasteiger partial charge in [-0.3, -0.25) is 10.1 Å². The molecule has 3 aromatic rings. The first-order chi connectivity index (χ1) is 13.5. The van der Waals surface area contributed by atoms with E-state index in [0.717, 1.165) is 16.1 Å². The van der Waals surface area contributed by atoms with E-state index in [1.165, 1.54) is 0 Å². The molecule has 2 aliphatic rings. The topological polar surface area (TPSA) is 79.5 Å². The molecule has 28 heavy (non-hydrogen) atoms. The summed E-state index contributed by atoms with van der Waals surface area (Å²) in [7, 11) is 0. The van der Waals surface area contributed by atoms with Gasteiger partial charge in [-0.1, -0.05) is 38.1 Å². The number of aromatic nitrogens is 1. The number of thiophene rings is 1. The highest BCUT2D eigenvalue weighted by atomic mass is 32.1. The number of fused-ring (bicyclic) bond motifs is 2. The van der Waals surface area contributed by atoms with Crippen molar-refractivity contribution < 1.29 is 9.21 Å². The molecule has 0 radical (unpaired) electrons. The van der Waals surface area contributed by atoms with Gasteiger partial charge in [0.15, 0.2) is 5.58 Å². The van der Waals surface area contributed by atoms with Crippen LogP contribution in [0.4, 0.5) is 6.01 Å². The van der Waals surface area contributed by atoms with Crippen molar-refractivity contribution in [1.82, 2.24) is 10.3 Å². The summed E-state index contributed by atoms with van der Waals surface area (Å²) in [6, 6.07) is 11.8. The Morgan fingerprint density at radius 3 is 2.89 bits per heavy atom. The minimum atomic E-state index is -0.277. The minimum absolute atomic E-state index is 0.185. The molecule has 6 nitrogen and oxygen atoms in total. The summed E-state index contributed by atoms with van der Waals surface area (Å²) in [4.78, 5) is 23.3. The summed E-state index contributed by atoms with van der Waals surface area (Å²) < 4.78 is 5.77. The first-order valence-electron chi connectivity index (χ1n) is 9.25. The fourth-order valence-electron chi connectivity index (χ4n) is 3.91. The van der Waals surface area contributed by atoms with E-state index < -0.39 is 0 Å². The van der Waals surface area contributed by atoms with Crippen molar-refractivity contribution in [3.05, 3.63) is 58.4 Å². The number of rotatable bonds is 2. The van der Waals surface area contributed by atoms with E-state index in [1.807, 2.05) is 41.8 Å². The molecular weight excluding hydrogens is 372 g/mol. The zero-order valence-electron chi connectivity index (χ0n) is 15.6. The smallest absolute Gasteiger partial charge is 0.302 e. The summed E-state index contributed by atoms with van der Waals surface area (Å²) in [6.45, 7) is 4.16. The molecule has 142 valence electrons. The molecule has 0 bridgehead atoms. The summed E-state index contributed by atoms with van der Waals surface area (Å²) in [5.74, 6) is 0.483. The van der Waals surface area contributed by atoms with Crippen LogP contribution in [0, 0.1) is 11.3 Å². The number of allylic oxidation sites excluding steroid dienone is 1. The molecule has 0 fully saturated rings. The van der Waals surface area contributed by atoms with Crippen LogP contribution in [0.5, 0.6) is 0 Å². The fraction of sp³-hybridized carbons (Fsp3) is 0.286. The van der Waals surface area contributed by atoms with Crippen LogP contribution in [-0.2, 0) is 4.79 Å². The van der Waals surface area contributed by atoms with E-state index in [-0.39, 0.29) is 23.2 Å². The molecule has 1 aliphatic carbocycles. The lowest BCUT2D eigenvalue weighted by Gasteiger charge is -2.38. The monoisotopic (exact) mass is 392 g/mol. The Kier molecular flexibility index (Phi) is 3.87. The van der Waals surface area contributed by atoms with E-state index in [0.29, 0.717) is 24.0 Å². The first-order valence-corrected chi connectivity index (χ1v) is 10.1. The lowest BCUT2D eigenvalue weighted by molar-refractivity contribution is -0.124. The number of nitrogens with zero attached hydrogens (tertiary/aromatic N) is 2. The predicted octanol–water partition coefficient (Wildman–Crippen LogP) is 4.50. The second kappa shape index (κ2) is 6.31. The molecule has 2 aromatic heterocycles. The number of carbonyl (C=O) groups excluding carboxylic acids is 1. The molecule has 2 N–H and O–H groups in total. The second-order valence-corrected chi connectivity index (χ2v) is 8.86. The molecule has 3 heterocycles. The van der Waals surface area contributed by atoms with Crippen LogP contribution in [-0.4, -0.2) is 16.7 Å². The number of Topliss-reactive ketones (excluding diaryl/α,β-unsaturated/α-hetero) is 1. The highest BCUT2D eigenvalue weighted by Crippen LogP contribution is 2.43. The van der Waals surface area contributed by atoms with Gasteiger partial charge in [-0.05, 0) is 29.0 Å². The minimum Gasteiger partial charge on any atom is -0.423 e. The molecule has 0 spiro atoms. The predicted molar refractivity (Wildman–Crippen MR) is 110 cm³/mol. The molecule has 1 aromatic carbocycles. The molecule has 5 rings (SSSR count). The van der Waals surface area contributed by atoms with Crippen LogP contribution in [0.1, 0.15) is 31.2 Å².